The van der Waals surface area contributed by atoms with Crippen LogP contribution in [0.1, 0.15) is 11.5 Å². The molecule has 2 N–H and O–H groups in total. The predicted molar refractivity (Wildman–Crippen MR) is 130 cm³/mol. The van der Waals surface area contributed by atoms with Crippen LogP contribution in [0.5, 0.6) is 0 Å². The second-order valence-electron chi connectivity index (χ2n) is 8.08. The van der Waals surface area contributed by atoms with E-state index in [1.54, 1.807) is 17.1 Å². The molecule has 3 heterocycles. The molecule has 0 radical (unpaired) electrons. The predicted octanol–water partition coefficient (Wildman–Crippen LogP) is 3.69. The Hall–Kier alpha value is -3.27. The molecule has 1 saturated heterocycles. The van der Waals surface area contributed by atoms with Crippen molar-refractivity contribution in [3.05, 3.63) is 71.7 Å². The maximum atomic E-state index is 13.2. The van der Waals surface area contributed by atoms with E-state index in [1.165, 1.54) is 16.9 Å². The first-order valence-electron chi connectivity index (χ1n) is 10.9. The third-order valence-electron chi connectivity index (χ3n) is 5.98. The van der Waals surface area contributed by atoms with Gasteiger partial charge < -0.3 is 10.1 Å². The molecule has 0 saturated carbocycles. The summed E-state index contributed by atoms with van der Waals surface area (Å²) in [6.07, 6.45) is 0. The Morgan fingerprint density at radius 1 is 1.12 bits per heavy atom. The van der Waals surface area contributed by atoms with E-state index in [4.69, 9.17) is 9.72 Å². The molecule has 1 aliphatic rings. The Kier molecular flexibility index (Phi) is 6.34. The van der Waals surface area contributed by atoms with Crippen LogP contribution < -0.4 is 10.6 Å². The van der Waals surface area contributed by atoms with E-state index in [2.05, 4.69) is 32.8 Å². The summed E-state index contributed by atoms with van der Waals surface area (Å²) >= 11 is 1.43. The molecule has 2 amide bonds. The molecule has 0 spiro atoms. The van der Waals surface area contributed by atoms with Crippen molar-refractivity contribution >= 4 is 28.1 Å². The zero-order valence-corrected chi connectivity index (χ0v) is 19.2. The van der Waals surface area contributed by atoms with Gasteiger partial charge in [-0.05, 0) is 5.56 Å². The van der Waals surface area contributed by atoms with Gasteiger partial charge in [-0.15, -0.1) is 0 Å². The van der Waals surface area contributed by atoms with Gasteiger partial charge in [0.1, 0.15) is 11.2 Å². The number of nitrogens with one attached hydrogen (secondary N) is 2. The Balaban J connectivity index is 1.37. The molecule has 0 aliphatic carbocycles. The summed E-state index contributed by atoms with van der Waals surface area (Å²) in [4.78, 5) is 20.9. The van der Waals surface area contributed by atoms with Crippen LogP contribution in [0.3, 0.4) is 0 Å². The molecule has 5 rings (SSSR count). The lowest BCUT2D eigenvalue weighted by Gasteiger charge is -2.20. The summed E-state index contributed by atoms with van der Waals surface area (Å²) in [5.74, 6) is 0.771. The lowest BCUT2D eigenvalue weighted by atomic mass is 9.94. The summed E-state index contributed by atoms with van der Waals surface area (Å²) in [6, 6.07) is 19.9. The number of carbonyl (C=O) groups is 1. The molecule has 2 aromatic carbocycles. The monoisotopic (exact) mass is 462 g/mol. The number of benzene rings is 2. The summed E-state index contributed by atoms with van der Waals surface area (Å²) in [6.45, 7) is 3.13. The van der Waals surface area contributed by atoms with E-state index in [0.29, 0.717) is 18.1 Å². The molecule has 1 aliphatic heterocycles. The van der Waals surface area contributed by atoms with Crippen molar-refractivity contribution in [3.8, 4) is 11.3 Å². The number of amides is 2. The maximum Gasteiger partial charge on any atom is 0.320 e. The van der Waals surface area contributed by atoms with Crippen molar-refractivity contribution in [1.29, 1.82) is 0 Å². The summed E-state index contributed by atoms with van der Waals surface area (Å²) in [5, 5.41) is 10.6. The number of ether oxygens (including phenoxy) is 1. The SMILES string of the molecule is COCCN1CC(NC(=O)Nc2c(-c3ccccc3)nc3scnn23)C(c2ccccc2)C1. The van der Waals surface area contributed by atoms with Crippen LogP contribution >= 0.6 is 11.3 Å². The molecule has 170 valence electrons. The average molecular weight is 463 g/mol. The minimum absolute atomic E-state index is 0.0247. The van der Waals surface area contributed by atoms with Crippen molar-refractivity contribution in [2.75, 3.05) is 38.7 Å². The number of aromatic nitrogens is 3. The molecule has 8 nitrogen and oxygen atoms in total. The van der Waals surface area contributed by atoms with E-state index in [1.807, 2.05) is 48.5 Å². The minimum atomic E-state index is -0.262. The first-order valence-corrected chi connectivity index (χ1v) is 11.8. The lowest BCUT2D eigenvalue weighted by Crippen LogP contribution is -2.42. The average Bonchev–Trinajstić information content (AvgIpc) is 3.55. The highest BCUT2D eigenvalue weighted by Crippen LogP contribution is 2.30. The van der Waals surface area contributed by atoms with Gasteiger partial charge in [-0.25, -0.2) is 9.78 Å². The van der Waals surface area contributed by atoms with Crippen LogP contribution in [0.4, 0.5) is 10.6 Å². The number of carbonyl (C=O) groups excluding carboxylic acids is 1. The first-order chi connectivity index (χ1) is 16.2. The fraction of sp³-hybridized carbons (Fsp3) is 0.292. The zero-order valence-electron chi connectivity index (χ0n) is 18.3. The first kappa shape index (κ1) is 21.6. The van der Waals surface area contributed by atoms with Gasteiger partial charge in [0.25, 0.3) is 0 Å². The van der Waals surface area contributed by atoms with E-state index in [-0.39, 0.29) is 18.0 Å². The highest BCUT2D eigenvalue weighted by atomic mass is 32.1. The quantitative estimate of drug-likeness (QED) is 0.438. The standard InChI is InChI=1S/C24H26N6O2S/c1-32-13-12-29-14-19(17-8-4-2-5-9-17)20(15-29)26-23(31)28-22-21(18-10-6-3-7-11-18)27-24-30(22)25-16-33-24/h2-11,16,19-20H,12-15H2,1H3,(H2,26,28,31). The molecule has 2 unspecified atom stereocenters. The fourth-order valence-corrected chi connectivity index (χ4v) is 5.01. The number of nitrogens with zero attached hydrogens (tertiary/aromatic N) is 4. The van der Waals surface area contributed by atoms with E-state index in [9.17, 15) is 4.79 Å². The highest BCUT2D eigenvalue weighted by molar-refractivity contribution is 7.14. The lowest BCUT2D eigenvalue weighted by molar-refractivity contribution is 0.159. The second-order valence-corrected chi connectivity index (χ2v) is 8.89. The summed E-state index contributed by atoms with van der Waals surface area (Å²) < 4.78 is 6.94. The molecule has 2 aromatic heterocycles. The number of urea groups is 1. The number of methoxy groups -OCH3 is 1. The van der Waals surface area contributed by atoms with Crippen molar-refractivity contribution in [2.45, 2.75) is 12.0 Å². The molecule has 2 atom stereocenters. The number of anilines is 1. The molecule has 9 heteroatoms. The molecular weight excluding hydrogens is 436 g/mol. The van der Waals surface area contributed by atoms with Gasteiger partial charge in [-0.3, -0.25) is 10.2 Å². The van der Waals surface area contributed by atoms with Crippen LogP contribution in [-0.2, 0) is 4.74 Å². The third kappa shape index (κ3) is 4.61. The van der Waals surface area contributed by atoms with Crippen molar-refractivity contribution in [2.24, 2.45) is 0 Å². The van der Waals surface area contributed by atoms with Gasteiger partial charge in [0, 0.05) is 38.2 Å². The fourth-order valence-electron chi connectivity index (χ4n) is 4.39. The van der Waals surface area contributed by atoms with E-state index < -0.39 is 0 Å². The normalized spacial score (nSPS) is 18.6. The Labute approximate surface area is 196 Å². The van der Waals surface area contributed by atoms with E-state index in [0.717, 1.165) is 30.2 Å². The Bertz CT molecular complexity index is 1210. The van der Waals surface area contributed by atoms with Crippen molar-refractivity contribution in [3.63, 3.8) is 0 Å². The van der Waals surface area contributed by atoms with E-state index >= 15 is 0 Å². The van der Waals surface area contributed by atoms with Crippen LogP contribution in [0.25, 0.3) is 16.2 Å². The summed E-state index contributed by atoms with van der Waals surface area (Å²) in [5.41, 5.74) is 4.58. The maximum absolute atomic E-state index is 13.2. The molecule has 33 heavy (non-hydrogen) atoms. The van der Waals surface area contributed by atoms with Gasteiger partial charge >= 0.3 is 6.03 Å². The van der Waals surface area contributed by atoms with Crippen LogP contribution in [-0.4, -0.2) is 64.9 Å². The Morgan fingerprint density at radius 2 is 1.88 bits per heavy atom. The highest BCUT2D eigenvalue weighted by Gasteiger charge is 2.35. The molecule has 0 bridgehead atoms. The second kappa shape index (κ2) is 9.70. The number of hydrogen-bond donors (Lipinski definition) is 2. The van der Waals surface area contributed by atoms with Crippen molar-refractivity contribution < 1.29 is 9.53 Å². The van der Waals surface area contributed by atoms with Gasteiger partial charge in [0.15, 0.2) is 5.82 Å². The number of rotatable bonds is 7. The van der Waals surface area contributed by atoms with Crippen LogP contribution in [0.15, 0.2) is 66.2 Å². The number of imidazole rings is 1. The smallest absolute Gasteiger partial charge is 0.320 e. The number of fused-ring (bicyclic) bond motifs is 1. The number of likely N-dealkylation sites (tertiary alicyclic amines) is 1. The van der Waals surface area contributed by atoms with Crippen molar-refractivity contribution in [1.82, 2.24) is 24.8 Å². The number of hydrogen-bond acceptors (Lipinski definition) is 6. The molecule has 4 aromatic rings. The molecule has 1 fully saturated rings. The van der Waals surface area contributed by atoms with Crippen LogP contribution in [0.2, 0.25) is 0 Å². The summed E-state index contributed by atoms with van der Waals surface area (Å²) in [7, 11) is 1.71. The largest absolute Gasteiger partial charge is 0.383 e. The minimum Gasteiger partial charge on any atom is -0.383 e. The Morgan fingerprint density at radius 3 is 2.64 bits per heavy atom. The third-order valence-corrected chi connectivity index (χ3v) is 6.65. The van der Waals surface area contributed by atoms with Crippen LogP contribution in [0, 0.1) is 0 Å². The van der Waals surface area contributed by atoms with Gasteiger partial charge in [0.2, 0.25) is 4.96 Å². The zero-order chi connectivity index (χ0) is 22.6. The molecular formula is C24H26N6O2S. The van der Waals surface area contributed by atoms with Gasteiger partial charge in [-0.2, -0.15) is 9.61 Å². The topological polar surface area (TPSA) is 83.8 Å². The van der Waals surface area contributed by atoms with Gasteiger partial charge in [0.05, 0.1) is 12.6 Å². The van der Waals surface area contributed by atoms with Gasteiger partial charge in [-0.1, -0.05) is 72.0 Å².